The smallest absolute Gasteiger partial charge is 0.251 e. The Labute approximate surface area is 187 Å². The minimum Gasteiger partial charge on any atom is -0.340 e. The molecule has 7 heteroatoms. The van der Waals surface area contributed by atoms with Crippen LogP contribution in [0.4, 0.5) is 10.2 Å². The number of benzene rings is 1. The van der Waals surface area contributed by atoms with Crippen LogP contribution in [-0.4, -0.2) is 27.6 Å². The minimum atomic E-state index is -0.822. The van der Waals surface area contributed by atoms with Gasteiger partial charge in [0.25, 0.3) is 5.91 Å². The van der Waals surface area contributed by atoms with Crippen molar-refractivity contribution >= 4 is 17.6 Å². The summed E-state index contributed by atoms with van der Waals surface area (Å²) in [6, 6.07) is 6.44. The third kappa shape index (κ3) is 3.87. The highest BCUT2D eigenvalue weighted by Gasteiger charge is 2.49. The molecule has 1 aliphatic heterocycles. The van der Waals surface area contributed by atoms with Gasteiger partial charge in [0.15, 0.2) is 0 Å². The first-order valence-electron chi connectivity index (χ1n) is 11.0. The van der Waals surface area contributed by atoms with Crippen LogP contribution >= 0.6 is 0 Å². The maximum Gasteiger partial charge on any atom is 0.251 e. The fraction of sp³-hybridized carbons (Fsp3) is 0.400. The predicted octanol–water partition coefficient (Wildman–Crippen LogP) is 4.56. The Hall–Kier alpha value is -3.22. The Balaban J connectivity index is 1.79. The number of anilines is 1. The van der Waals surface area contributed by atoms with Crippen molar-refractivity contribution in [3.05, 3.63) is 70.7 Å². The molecule has 168 valence electrons. The van der Waals surface area contributed by atoms with Gasteiger partial charge in [-0.1, -0.05) is 37.6 Å². The second kappa shape index (κ2) is 8.37. The first kappa shape index (κ1) is 22.0. The first-order chi connectivity index (χ1) is 15.2. The molecule has 0 saturated heterocycles. The SMILES string of the molecule is CCCn1nc(C)c2c1NC(=O)[C@@H](NC(=O)c1cccc(C)c1)[C@H]2C1(C)C=CC(F)=CC1. The number of aryl methyl sites for hydroxylation is 3. The molecule has 0 saturated carbocycles. The molecule has 2 aromatic rings. The van der Waals surface area contributed by atoms with Crippen molar-refractivity contribution in [2.45, 2.75) is 59.0 Å². The van der Waals surface area contributed by atoms with E-state index < -0.39 is 17.4 Å². The minimum absolute atomic E-state index is 0.287. The van der Waals surface area contributed by atoms with Crippen molar-refractivity contribution in [2.75, 3.05) is 5.32 Å². The lowest BCUT2D eigenvalue weighted by atomic mass is 9.65. The summed E-state index contributed by atoms with van der Waals surface area (Å²) in [6.07, 6.45) is 6.09. The van der Waals surface area contributed by atoms with Crippen molar-refractivity contribution in [1.29, 1.82) is 0 Å². The van der Waals surface area contributed by atoms with Crippen LogP contribution in [-0.2, 0) is 11.3 Å². The molecular formula is C25H29FN4O2. The molecule has 2 N–H and O–H groups in total. The third-order valence-corrected chi connectivity index (χ3v) is 6.42. The average molecular weight is 437 g/mol. The van der Waals surface area contributed by atoms with Gasteiger partial charge in [-0.05, 0) is 56.4 Å². The van der Waals surface area contributed by atoms with Crippen molar-refractivity contribution in [1.82, 2.24) is 15.1 Å². The summed E-state index contributed by atoms with van der Waals surface area (Å²) in [7, 11) is 0. The molecule has 1 aliphatic carbocycles. The third-order valence-electron chi connectivity index (χ3n) is 6.42. The van der Waals surface area contributed by atoms with Crippen molar-refractivity contribution < 1.29 is 14.0 Å². The van der Waals surface area contributed by atoms with E-state index in [-0.39, 0.29) is 17.6 Å². The molecule has 0 bridgehead atoms. The molecule has 1 aromatic carbocycles. The number of carbonyl (C=O) groups is 2. The number of nitrogens with one attached hydrogen (secondary N) is 2. The Morgan fingerprint density at radius 2 is 2.16 bits per heavy atom. The van der Waals surface area contributed by atoms with Crippen LogP contribution in [0, 0.1) is 19.3 Å². The molecule has 0 spiro atoms. The van der Waals surface area contributed by atoms with E-state index >= 15 is 0 Å². The number of allylic oxidation sites excluding steroid dienone is 4. The van der Waals surface area contributed by atoms with E-state index in [2.05, 4.69) is 22.7 Å². The number of hydrogen-bond donors (Lipinski definition) is 2. The normalized spacial score (nSPS) is 24.5. The van der Waals surface area contributed by atoms with Gasteiger partial charge in [-0.15, -0.1) is 0 Å². The van der Waals surface area contributed by atoms with Gasteiger partial charge in [-0.25, -0.2) is 9.07 Å². The molecule has 2 amide bonds. The second-order valence-electron chi connectivity index (χ2n) is 8.99. The Morgan fingerprint density at radius 1 is 1.38 bits per heavy atom. The molecule has 1 unspecified atom stereocenters. The van der Waals surface area contributed by atoms with Crippen molar-refractivity contribution in [2.24, 2.45) is 5.41 Å². The lowest BCUT2D eigenvalue weighted by molar-refractivity contribution is -0.119. The molecule has 3 atom stereocenters. The summed E-state index contributed by atoms with van der Waals surface area (Å²) >= 11 is 0. The molecule has 2 heterocycles. The molecule has 6 nitrogen and oxygen atoms in total. The van der Waals surface area contributed by atoms with Crippen LogP contribution in [0.15, 0.2) is 48.3 Å². The Kier molecular flexibility index (Phi) is 5.75. The number of carbonyl (C=O) groups excluding carboxylic acids is 2. The summed E-state index contributed by atoms with van der Waals surface area (Å²) in [4.78, 5) is 26.4. The average Bonchev–Trinajstić information content (AvgIpc) is 3.05. The number of fused-ring (bicyclic) bond motifs is 1. The number of rotatable bonds is 5. The summed E-state index contributed by atoms with van der Waals surface area (Å²) in [6.45, 7) is 8.56. The number of aromatic nitrogens is 2. The summed E-state index contributed by atoms with van der Waals surface area (Å²) < 4.78 is 15.6. The van der Waals surface area contributed by atoms with E-state index in [4.69, 9.17) is 0 Å². The highest BCUT2D eigenvalue weighted by molar-refractivity contribution is 6.03. The van der Waals surface area contributed by atoms with E-state index in [9.17, 15) is 14.0 Å². The van der Waals surface area contributed by atoms with Gasteiger partial charge in [-0.2, -0.15) is 5.10 Å². The van der Waals surface area contributed by atoms with E-state index in [0.29, 0.717) is 24.3 Å². The fourth-order valence-corrected chi connectivity index (χ4v) is 4.81. The topological polar surface area (TPSA) is 76.0 Å². The van der Waals surface area contributed by atoms with Crippen LogP contribution < -0.4 is 10.6 Å². The molecule has 1 aromatic heterocycles. The van der Waals surface area contributed by atoms with Crippen molar-refractivity contribution in [3.8, 4) is 0 Å². The maximum absolute atomic E-state index is 13.8. The second-order valence-corrected chi connectivity index (χ2v) is 8.99. The molecule has 0 fully saturated rings. The summed E-state index contributed by atoms with van der Waals surface area (Å²) in [5.41, 5.74) is 2.59. The zero-order chi connectivity index (χ0) is 23.0. The first-order valence-corrected chi connectivity index (χ1v) is 11.0. The largest absolute Gasteiger partial charge is 0.340 e. The van der Waals surface area contributed by atoms with E-state index in [0.717, 1.165) is 23.2 Å². The van der Waals surface area contributed by atoms with E-state index in [1.165, 1.54) is 12.2 Å². The van der Waals surface area contributed by atoms with Crippen LogP contribution in [0.3, 0.4) is 0 Å². The highest BCUT2D eigenvalue weighted by atomic mass is 19.1. The van der Waals surface area contributed by atoms with Gasteiger partial charge in [0, 0.05) is 23.6 Å². The quantitative estimate of drug-likeness (QED) is 0.721. The summed E-state index contributed by atoms with van der Waals surface area (Å²) in [5, 5.41) is 10.6. The maximum atomic E-state index is 13.8. The van der Waals surface area contributed by atoms with E-state index in [1.807, 2.05) is 43.7 Å². The van der Waals surface area contributed by atoms with Crippen LogP contribution in [0.5, 0.6) is 0 Å². The van der Waals surface area contributed by atoms with Crippen LogP contribution in [0.25, 0.3) is 0 Å². The Bertz CT molecular complexity index is 1130. The van der Waals surface area contributed by atoms with E-state index in [1.54, 1.807) is 12.1 Å². The standard InChI is InChI=1S/C25H29FN4O2/c1-5-13-30-22-19(16(3)29-30)20(25(4)11-9-18(26)10-12-25)21(24(32)28-22)27-23(31)17-8-6-7-15(2)14-17/h6-11,14,20-21H,5,12-13H2,1-4H3,(H,27,31)(H,28,32)/t20-,21-,25?/m0/s1. The monoisotopic (exact) mass is 436 g/mol. The zero-order valence-electron chi connectivity index (χ0n) is 18.9. The van der Waals surface area contributed by atoms with Gasteiger partial charge in [0.05, 0.1) is 5.69 Å². The van der Waals surface area contributed by atoms with Crippen molar-refractivity contribution in [3.63, 3.8) is 0 Å². The lowest BCUT2D eigenvalue weighted by Crippen LogP contribution is -2.54. The molecular weight excluding hydrogens is 407 g/mol. The molecule has 0 radical (unpaired) electrons. The van der Waals surface area contributed by atoms with Crippen LogP contribution in [0.2, 0.25) is 0 Å². The number of hydrogen-bond acceptors (Lipinski definition) is 3. The van der Waals surface area contributed by atoms with Gasteiger partial charge < -0.3 is 10.6 Å². The van der Waals surface area contributed by atoms with Gasteiger partial charge in [0.2, 0.25) is 5.91 Å². The summed E-state index contributed by atoms with van der Waals surface area (Å²) in [5.74, 6) is -0.616. The fourth-order valence-electron chi connectivity index (χ4n) is 4.81. The van der Waals surface area contributed by atoms with Gasteiger partial charge >= 0.3 is 0 Å². The lowest BCUT2D eigenvalue weighted by Gasteiger charge is -2.43. The van der Waals surface area contributed by atoms with Gasteiger partial charge in [-0.3, -0.25) is 9.59 Å². The molecule has 2 aliphatic rings. The molecule has 32 heavy (non-hydrogen) atoms. The number of nitrogens with zero attached hydrogens (tertiary/aromatic N) is 2. The molecule has 4 rings (SSSR count). The highest BCUT2D eigenvalue weighted by Crippen LogP contribution is 2.50. The predicted molar refractivity (Wildman–Crippen MR) is 122 cm³/mol. The number of amides is 2. The number of halogens is 1. The zero-order valence-corrected chi connectivity index (χ0v) is 18.9. The van der Waals surface area contributed by atoms with Gasteiger partial charge in [0.1, 0.15) is 17.7 Å². The Morgan fingerprint density at radius 3 is 2.81 bits per heavy atom. The van der Waals surface area contributed by atoms with Crippen LogP contribution in [0.1, 0.15) is 59.8 Å².